The molecule has 1 heterocycles. The van der Waals surface area contributed by atoms with Crippen LogP contribution in [0.2, 0.25) is 5.02 Å². The zero-order valence-electron chi connectivity index (χ0n) is 19.7. The molecule has 2 aromatic carbocycles. The molecule has 1 aromatic heterocycles. The van der Waals surface area contributed by atoms with Gasteiger partial charge in [-0.25, -0.2) is 22.5 Å². The Hall–Kier alpha value is -3.45. The highest BCUT2D eigenvalue weighted by Crippen LogP contribution is 2.39. The van der Waals surface area contributed by atoms with Gasteiger partial charge < -0.3 is 15.0 Å². The molecule has 0 radical (unpaired) electrons. The van der Waals surface area contributed by atoms with Gasteiger partial charge in [0, 0.05) is 34.7 Å². The van der Waals surface area contributed by atoms with Crippen LogP contribution in [0.25, 0.3) is 11.4 Å². The summed E-state index contributed by atoms with van der Waals surface area (Å²) in [5.41, 5.74) is -5.22. The molecule has 39 heavy (non-hydrogen) atoms. The summed E-state index contributed by atoms with van der Waals surface area (Å²) in [7, 11) is 0. The first-order valence-corrected chi connectivity index (χ1v) is 11.8. The van der Waals surface area contributed by atoms with Crippen molar-refractivity contribution in [3.05, 3.63) is 85.8 Å². The second-order valence-corrected chi connectivity index (χ2v) is 9.27. The number of nitrogens with zero attached hydrogens (tertiary/aromatic N) is 1. The van der Waals surface area contributed by atoms with Gasteiger partial charge in [-0.1, -0.05) is 17.7 Å². The predicted molar refractivity (Wildman–Crippen MR) is 125 cm³/mol. The average Bonchev–Trinajstić information content (AvgIpc) is 2.83. The van der Waals surface area contributed by atoms with Gasteiger partial charge >= 0.3 is 6.18 Å². The van der Waals surface area contributed by atoms with E-state index in [-0.39, 0.29) is 36.7 Å². The second kappa shape index (κ2) is 11.3. The number of nitrogens with one attached hydrogen (secondary N) is 2. The van der Waals surface area contributed by atoms with E-state index in [1.165, 1.54) is 18.2 Å². The third-order valence-electron chi connectivity index (χ3n) is 6.15. The normalized spacial score (nSPS) is 17.3. The maximum Gasteiger partial charge on any atom is 0.417 e. The number of amides is 1. The van der Waals surface area contributed by atoms with Gasteiger partial charge in [0.1, 0.15) is 23.2 Å². The van der Waals surface area contributed by atoms with Crippen LogP contribution < -0.4 is 10.9 Å². The molecule has 0 spiro atoms. The maximum atomic E-state index is 15.3. The molecule has 0 aliphatic heterocycles. The fourth-order valence-corrected chi connectivity index (χ4v) is 4.23. The van der Waals surface area contributed by atoms with E-state index in [9.17, 15) is 35.9 Å². The average molecular weight is 578 g/mol. The van der Waals surface area contributed by atoms with Gasteiger partial charge in [-0.15, -0.1) is 0 Å². The van der Waals surface area contributed by atoms with Crippen LogP contribution in [-0.2, 0) is 28.9 Å². The fourth-order valence-electron chi connectivity index (χ4n) is 4.03. The van der Waals surface area contributed by atoms with Gasteiger partial charge in [0.05, 0.1) is 23.8 Å². The molecule has 6 nitrogen and oxygen atoms in total. The van der Waals surface area contributed by atoms with Crippen molar-refractivity contribution in [2.75, 3.05) is 0 Å². The first-order chi connectivity index (χ1) is 18.3. The van der Waals surface area contributed by atoms with E-state index in [0.29, 0.717) is 17.2 Å². The van der Waals surface area contributed by atoms with Crippen molar-refractivity contribution in [2.24, 2.45) is 5.92 Å². The Morgan fingerprint density at radius 2 is 1.85 bits per heavy atom. The SMILES string of the molecule is O=c1cc(C(F)F)nc(-c2c(C(F)(F)F)ccc(CNC(=O)[C@H]3C[C@H](OCc4cc(Cl)ccc4F)C3)c2F)[nH]1. The molecular weight excluding hydrogens is 559 g/mol. The number of carbonyl (C=O) groups is 1. The van der Waals surface area contributed by atoms with Crippen LogP contribution >= 0.6 is 11.6 Å². The molecule has 2 N–H and O–H groups in total. The Morgan fingerprint density at radius 1 is 1.13 bits per heavy atom. The van der Waals surface area contributed by atoms with Gasteiger partial charge in [0.2, 0.25) is 5.91 Å². The fraction of sp³-hybridized carbons (Fsp3) is 0.320. The number of ether oxygens (including phenoxy) is 1. The smallest absolute Gasteiger partial charge is 0.373 e. The lowest BCUT2D eigenvalue weighted by Gasteiger charge is -2.34. The summed E-state index contributed by atoms with van der Waals surface area (Å²) >= 11 is 5.84. The van der Waals surface area contributed by atoms with Crippen molar-refractivity contribution in [1.82, 2.24) is 15.3 Å². The zero-order chi connectivity index (χ0) is 28.5. The Balaban J connectivity index is 1.44. The third kappa shape index (κ3) is 6.59. The highest BCUT2D eigenvalue weighted by atomic mass is 35.5. The van der Waals surface area contributed by atoms with Crippen LogP contribution in [0.1, 0.15) is 41.7 Å². The molecule has 4 rings (SSSR count). The zero-order valence-corrected chi connectivity index (χ0v) is 20.5. The minimum atomic E-state index is -5.10. The number of rotatable bonds is 8. The first kappa shape index (κ1) is 28.6. The molecule has 0 saturated heterocycles. The van der Waals surface area contributed by atoms with Crippen molar-refractivity contribution in [1.29, 1.82) is 0 Å². The number of aromatic amines is 1. The molecule has 3 aromatic rings. The van der Waals surface area contributed by atoms with Gasteiger partial charge in [-0.3, -0.25) is 9.59 Å². The number of hydrogen-bond acceptors (Lipinski definition) is 4. The monoisotopic (exact) mass is 577 g/mol. The molecule has 14 heteroatoms. The Kier molecular flexibility index (Phi) is 8.31. The number of alkyl halides is 5. The van der Waals surface area contributed by atoms with Crippen LogP contribution in [0.4, 0.5) is 30.7 Å². The molecule has 0 bridgehead atoms. The Labute approximate surface area is 221 Å². The van der Waals surface area contributed by atoms with E-state index in [1.54, 1.807) is 0 Å². The van der Waals surface area contributed by atoms with E-state index in [0.717, 1.165) is 6.07 Å². The third-order valence-corrected chi connectivity index (χ3v) is 6.39. The van der Waals surface area contributed by atoms with E-state index in [4.69, 9.17) is 16.3 Å². The molecule has 208 valence electrons. The van der Waals surface area contributed by atoms with Crippen LogP contribution in [0.5, 0.6) is 0 Å². The summed E-state index contributed by atoms with van der Waals surface area (Å²) < 4.78 is 102. The van der Waals surface area contributed by atoms with Crippen molar-refractivity contribution >= 4 is 17.5 Å². The second-order valence-electron chi connectivity index (χ2n) is 8.83. The van der Waals surface area contributed by atoms with Crippen molar-refractivity contribution in [2.45, 2.75) is 44.7 Å². The summed E-state index contributed by atoms with van der Waals surface area (Å²) in [5.74, 6) is -4.05. The lowest BCUT2D eigenvalue weighted by molar-refractivity contribution is -0.137. The van der Waals surface area contributed by atoms with E-state index in [2.05, 4.69) is 10.3 Å². The summed E-state index contributed by atoms with van der Waals surface area (Å²) in [5, 5.41) is 2.76. The number of aromatic nitrogens is 2. The van der Waals surface area contributed by atoms with Gasteiger partial charge in [0.25, 0.3) is 12.0 Å². The number of benzene rings is 2. The molecular formula is C25H19ClF7N3O3. The molecule has 1 amide bonds. The lowest BCUT2D eigenvalue weighted by atomic mass is 9.81. The van der Waals surface area contributed by atoms with Crippen LogP contribution in [0.15, 0.2) is 41.2 Å². The standard InChI is InChI=1S/C25H19ClF7N3O3/c26-14-2-4-17(27)13(5-14)10-39-15-6-12(7-15)24(38)34-9-11-1-3-16(25(31,32)33)20(21(11)28)23-35-18(22(29)30)8-19(37)36-23/h1-5,8,12,15,22H,6-7,9-10H2,(H,34,38)(H,35,36,37)/t12-,15-. The van der Waals surface area contributed by atoms with Crippen molar-refractivity contribution in [3.8, 4) is 11.4 Å². The molecule has 1 fully saturated rings. The molecule has 1 saturated carbocycles. The largest absolute Gasteiger partial charge is 0.417 e. The number of hydrogen-bond donors (Lipinski definition) is 2. The lowest BCUT2D eigenvalue weighted by Crippen LogP contribution is -2.42. The van der Waals surface area contributed by atoms with Gasteiger partial charge in [-0.2, -0.15) is 13.2 Å². The molecule has 1 aliphatic carbocycles. The Morgan fingerprint density at radius 3 is 2.51 bits per heavy atom. The first-order valence-electron chi connectivity index (χ1n) is 11.4. The van der Waals surface area contributed by atoms with Crippen LogP contribution in [0, 0.1) is 17.6 Å². The number of carbonyl (C=O) groups excluding carboxylic acids is 1. The number of halogens is 8. The highest BCUT2D eigenvalue weighted by molar-refractivity contribution is 6.30. The van der Waals surface area contributed by atoms with Crippen LogP contribution in [-0.4, -0.2) is 22.0 Å². The van der Waals surface area contributed by atoms with E-state index < -0.39 is 70.8 Å². The highest BCUT2D eigenvalue weighted by Gasteiger charge is 2.38. The van der Waals surface area contributed by atoms with Gasteiger partial charge in [-0.05, 0) is 37.1 Å². The quantitative estimate of drug-likeness (QED) is 0.325. The van der Waals surface area contributed by atoms with Crippen LogP contribution in [0.3, 0.4) is 0 Å². The minimum Gasteiger partial charge on any atom is -0.373 e. The number of H-pyrrole nitrogens is 1. The van der Waals surface area contributed by atoms with Crippen molar-refractivity contribution in [3.63, 3.8) is 0 Å². The molecule has 1 aliphatic rings. The summed E-state index contributed by atoms with van der Waals surface area (Å²) in [6.45, 7) is -0.585. The van der Waals surface area contributed by atoms with E-state index >= 15 is 4.39 Å². The van der Waals surface area contributed by atoms with Gasteiger partial charge in [0.15, 0.2) is 0 Å². The van der Waals surface area contributed by atoms with E-state index in [1.807, 2.05) is 4.98 Å². The maximum absolute atomic E-state index is 15.3. The topological polar surface area (TPSA) is 84.1 Å². The predicted octanol–water partition coefficient (Wildman–Crippen LogP) is 5.94. The van der Waals surface area contributed by atoms with Crippen molar-refractivity contribution < 1.29 is 40.3 Å². The minimum absolute atomic E-state index is 0.0617. The Bertz CT molecular complexity index is 1440. The summed E-state index contributed by atoms with van der Waals surface area (Å²) in [6.07, 6.45) is -8.18. The summed E-state index contributed by atoms with van der Waals surface area (Å²) in [4.78, 5) is 29.4. The molecule has 0 unspecified atom stereocenters. The molecule has 0 atom stereocenters. The summed E-state index contributed by atoms with van der Waals surface area (Å²) in [6, 6.07) is 5.71.